The lowest BCUT2D eigenvalue weighted by molar-refractivity contribution is -0.143. The number of aryl methyl sites for hydroxylation is 1. The molecule has 0 unspecified atom stereocenters. The minimum atomic E-state index is -0.467. The van der Waals surface area contributed by atoms with Crippen molar-refractivity contribution < 1.29 is 19.1 Å². The number of rotatable bonds is 8. The third-order valence-corrected chi connectivity index (χ3v) is 5.12. The third kappa shape index (κ3) is 4.51. The van der Waals surface area contributed by atoms with Gasteiger partial charge in [-0.25, -0.2) is 0 Å². The molecular formula is C26H23NO4. The summed E-state index contributed by atoms with van der Waals surface area (Å²) in [6.45, 7) is -0.113. The molecule has 5 nitrogen and oxygen atoms in total. The number of esters is 1. The number of para-hydroxylation sites is 2. The lowest BCUT2D eigenvalue weighted by Gasteiger charge is -2.09. The fraction of sp³-hybridized carbons (Fsp3) is 0.154. The van der Waals surface area contributed by atoms with Crippen LogP contribution in [0.1, 0.15) is 16.8 Å². The Bertz CT molecular complexity index is 1200. The van der Waals surface area contributed by atoms with Crippen LogP contribution in [0, 0.1) is 0 Å². The van der Waals surface area contributed by atoms with Crippen molar-refractivity contribution in [1.29, 1.82) is 0 Å². The first kappa shape index (κ1) is 20.4. The minimum Gasteiger partial charge on any atom is -0.493 e. The van der Waals surface area contributed by atoms with Crippen LogP contribution in [0.25, 0.3) is 22.2 Å². The largest absolute Gasteiger partial charge is 0.493 e. The van der Waals surface area contributed by atoms with Gasteiger partial charge in [-0.1, -0.05) is 66.7 Å². The van der Waals surface area contributed by atoms with Gasteiger partial charge in [0.25, 0.3) is 0 Å². The van der Waals surface area contributed by atoms with Crippen molar-refractivity contribution in [1.82, 2.24) is 4.57 Å². The van der Waals surface area contributed by atoms with Gasteiger partial charge in [0.05, 0.1) is 24.3 Å². The Balaban J connectivity index is 1.48. The van der Waals surface area contributed by atoms with Gasteiger partial charge in [-0.05, 0) is 23.8 Å². The van der Waals surface area contributed by atoms with E-state index in [4.69, 9.17) is 9.47 Å². The van der Waals surface area contributed by atoms with Gasteiger partial charge in [0.2, 0.25) is 5.78 Å². The monoisotopic (exact) mass is 413 g/mol. The van der Waals surface area contributed by atoms with Crippen molar-refractivity contribution in [2.45, 2.75) is 6.42 Å². The van der Waals surface area contributed by atoms with Gasteiger partial charge in [0.15, 0.2) is 6.61 Å². The summed E-state index contributed by atoms with van der Waals surface area (Å²) >= 11 is 0. The van der Waals surface area contributed by atoms with Gasteiger partial charge < -0.3 is 14.0 Å². The van der Waals surface area contributed by atoms with E-state index in [-0.39, 0.29) is 25.4 Å². The topological polar surface area (TPSA) is 57.5 Å². The van der Waals surface area contributed by atoms with Crippen LogP contribution in [0.5, 0.6) is 5.75 Å². The quantitative estimate of drug-likeness (QED) is 0.300. The molecule has 0 radical (unpaired) electrons. The second-order valence-electron chi connectivity index (χ2n) is 7.16. The molecule has 0 atom stereocenters. The Hall–Kier alpha value is -3.86. The second-order valence-corrected chi connectivity index (χ2v) is 7.16. The number of carbonyl (C=O) groups excluding carboxylic acids is 2. The first-order valence-electron chi connectivity index (χ1n) is 10.1. The van der Waals surface area contributed by atoms with Gasteiger partial charge in [0.1, 0.15) is 5.75 Å². The zero-order valence-corrected chi connectivity index (χ0v) is 17.3. The Labute approximate surface area is 180 Å². The zero-order valence-electron chi connectivity index (χ0n) is 17.3. The molecule has 1 heterocycles. The number of nitrogens with zero attached hydrogens (tertiary/aromatic N) is 1. The lowest BCUT2D eigenvalue weighted by Crippen LogP contribution is -2.16. The van der Waals surface area contributed by atoms with Gasteiger partial charge in [-0.15, -0.1) is 0 Å². The fourth-order valence-corrected chi connectivity index (χ4v) is 3.67. The maximum absolute atomic E-state index is 13.1. The highest BCUT2D eigenvalue weighted by Crippen LogP contribution is 2.33. The molecule has 31 heavy (non-hydrogen) atoms. The summed E-state index contributed by atoms with van der Waals surface area (Å²) in [5.41, 5.74) is 3.27. The summed E-state index contributed by atoms with van der Waals surface area (Å²) in [5, 5.41) is 0.845. The van der Waals surface area contributed by atoms with Crippen molar-refractivity contribution in [3.8, 4) is 17.0 Å². The summed E-state index contributed by atoms with van der Waals surface area (Å²) in [4.78, 5) is 25.3. The number of fused-ring (bicyclic) bond motifs is 1. The van der Waals surface area contributed by atoms with E-state index in [0.29, 0.717) is 11.3 Å². The van der Waals surface area contributed by atoms with Gasteiger partial charge in [-0.3, -0.25) is 9.59 Å². The highest BCUT2D eigenvalue weighted by atomic mass is 16.5. The molecule has 0 saturated heterocycles. The molecule has 0 bridgehead atoms. The number of carbonyl (C=O) groups is 2. The van der Waals surface area contributed by atoms with Crippen LogP contribution in [0.2, 0.25) is 0 Å². The van der Waals surface area contributed by atoms with Gasteiger partial charge in [-0.2, -0.15) is 0 Å². The number of hydrogen-bond acceptors (Lipinski definition) is 4. The summed E-state index contributed by atoms with van der Waals surface area (Å²) in [6, 6.07) is 26.8. The highest BCUT2D eigenvalue weighted by molar-refractivity contribution is 6.14. The molecule has 0 fully saturated rings. The smallest absolute Gasteiger partial charge is 0.309 e. The van der Waals surface area contributed by atoms with Crippen LogP contribution in [0.3, 0.4) is 0 Å². The Kier molecular flexibility index (Phi) is 6.13. The van der Waals surface area contributed by atoms with Crippen LogP contribution in [0.4, 0.5) is 0 Å². The molecule has 1 aromatic heterocycles. The van der Waals surface area contributed by atoms with Crippen LogP contribution in [-0.2, 0) is 16.6 Å². The van der Waals surface area contributed by atoms with E-state index < -0.39 is 5.97 Å². The molecule has 156 valence electrons. The molecular weight excluding hydrogens is 390 g/mol. The molecule has 3 aromatic carbocycles. The van der Waals surface area contributed by atoms with Crippen LogP contribution >= 0.6 is 0 Å². The highest BCUT2D eigenvalue weighted by Gasteiger charge is 2.23. The van der Waals surface area contributed by atoms with Gasteiger partial charge in [0, 0.05) is 18.0 Å². The van der Waals surface area contributed by atoms with Crippen LogP contribution in [-0.4, -0.2) is 29.5 Å². The van der Waals surface area contributed by atoms with E-state index in [1.165, 1.54) is 0 Å². The molecule has 5 heteroatoms. The molecule has 0 aliphatic heterocycles. The van der Waals surface area contributed by atoms with E-state index in [9.17, 15) is 9.59 Å². The van der Waals surface area contributed by atoms with E-state index in [2.05, 4.69) is 0 Å². The molecule has 0 N–H and O–H groups in total. The van der Waals surface area contributed by atoms with E-state index >= 15 is 0 Å². The Morgan fingerprint density at radius 1 is 0.839 bits per heavy atom. The van der Waals surface area contributed by atoms with E-state index in [1.54, 1.807) is 0 Å². The van der Waals surface area contributed by atoms with Crippen molar-refractivity contribution in [2.24, 2.45) is 7.05 Å². The van der Waals surface area contributed by atoms with Crippen molar-refractivity contribution >= 4 is 22.7 Å². The predicted octanol–water partition coefficient (Wildman–Crippen LogP) is 5.04. The Morgan fingerprint density at radius 3 is 2.23 bits per heavy atom. The van der Waals surface area contributed by atoms with Crippen molar-refractivity contribution in [2.75, 3.05) is 13.2 Å². The first-order chi connectivity index (χ1) is 15.1. The summed E-state index contributed by atoms with van der Waals surface area (Å²) in [7, 11) is 1.94. The molecule has 4 aromatic rings. The summed E-state index contributed by atoms with van der Waals surface area (Å²) < 4.78 is 12.8. The molecule has 0 aliphatic carbocycles. The van der Waals surface area contributed by atoms with E-state index in [1.807, 2.05) is 96.5 Å². The number of benzene rings is 3. The predicted molar refractivity (Wildman–Crippen MR) is 120 cm³/mol. The number of Topliss-reactive ketones (excluding diaryl/α,β-unsaturated/α-hetero) is 1. The lowest BCUT2D eigenvalue weighted by atomic mass is 10.0. The number of ketones is 1. The molecule has 0 amide bonds. The minimum absolute atomic E-state index is 0.0727. The average molecular weight is 413 g/mol. The molecule has 0 aliphatic rings. The summed E-state index contributed by atoms with van der Waals surface area (Å²) in [5.74, 6) is -0.00612. The average Bonchev–Trinajstić information content (AvgIpc) is 3.11. The van der Waals surface area contributed by atoms with Gasteiger partial charge >= 0.3 is 5.97 Å². The Morgan fingerprint density at radius 2 is 1.48 bits per heavy atom. The van der Waals surface area contributed by atoms with Crippen molar-refractivity contribution in [3.63, 3.8) is 0 Å². The molecule has 0 spiro atoms. The van der Waals surface area contributed by atoms with Crippen molar-refractivity contribution in [3.05, 3.63) is 90.5 Å². The standard InChI is InChI=1S/C26H23NO4/c1-27-22-15-9-8-14-21(22)25(26(27)19-10-4-2-5-11-19)23(28)18-31-24(29)16-17-30-20-12-6-3-7-13-20/h2-15H,16-18H2,1H3. The van der Waals surface area contributed by atoms with E-state index in [0.717, 1.165) is 22.2 Å². The van der Waals surface area contributed by atoms with Crippen LogP contribution < -0.4 is 4.74 Å². The number of aromatic nitrogens is 1. The zero-order chi connectivity index (χ0) is 21.6. The van der Waals surface area contributed by atoms with Crippen LogP contribution in [0.15, 0.2) is 84.9 Å². The normalized spacial score (nSPS) is 10.7. The first-order valence-corrected chi connectivity index (χ1v) is 10.1. The summed E-state index contributed by atoms with van der Waals surface area (Å²) in [6.07, 6.45) is 0.0727. The second kappa shape index (κ2) is 9.30. The number of ether oxygens (including phenoxy) is 2. The molecule has 4 rings (SSSR count). The maximum Gasteiger partial charge on any atom is 0.309 e. The maximum atomic E-state index is 13.1. The molecule has 0 saturated carbocycles. The third-order valence-electron chi connectivity index (χ3n) is 5.12. The fourth-order valence-electron chi connectivity index (χ4n) is 3.67. The SMILES string of the molecule is Cn1c(-c2ccccc2)c(C(=O)COC(=O)CCOc2ccccc2)c2ccccc21. The number of hydrogen-bond donors (Lipinski definition) is 0.